The lowest BCUT2D eigenvalue weighted by Crippen LogP contribution is -2.46. The minimum absolute atomic E-state index is 0.0557. The SMILES string of the molecule is C=N/N=C(\CC)N(C)CC(CO)C(C)NC(=O)OC(C)(C)C. The Balaban J connectivity index is 4.65. The number of ether oxygens (including phenoxy) is 1. The Morgan fingerprint density at radius 3 is 2.45 bits per heavy atom. The van der Waals surface area contributed by atoms with Crippen LogP contribution in [0.3, 0.4) is 0 Å². The lowest BCUT2D eigenvalue weighted by molar-refractivity contribution is 0.0473. The van der Waals surface area contributed by atoms with Crippen LogP contribution in [0.2, 0.25) is 0 Å². The monoisotopic (exact) mass is 314 g/mol. The molecule has 7 heteroatoms. The third-order valence-electron chi connectivity index (χ3n) is 3.14. The van der Waals surface area contributed by atoms with Crippen LogP contribution in [0, 0.1) is 5.92 Å². The van der Waals surface area contributed by atoms with Gasteiger partial charge in [-0.2, -0.15) is 5.10 Å². The Kier molecular flexibility index (Phi) is 8.70. The number of aliphatic hydroxyl groups excluding tert-OH is 1. The summed E-state index contributed by atoms with van der Waals surface area (Å²) in [6.45, 7) is 13.1. The third kappa shape index (κ3) is 7.97. The Labute approximate surface area is 133 Å². The van der Waals surface area contributed by atoms with E-state index in [0.717, 1.165) is 5.84 Å². The molecule has 128 valence electrons. The molecule has 2 unspecified atom stereocenters. The van der Waals surface area contributed by atoms with Crippen molar-refractivity contribution in [1.82, 2.24) is 10.2 Å². The molecular formula is C15H30N4O3. The zero-order chi connectivity index (χ0) is 17.3. The van der Waals surface area contributed by atoms with Gasteiger partial charge in [0.1, 0.15) is 11.4 Å². The molecule has 0 aromatic heterocycles. The van der Waals surface area contributed by atoms with Crippen molar-refractivity contribution in [3.63, 3.8) is 0 Å². The van der Waals surface area contributed by atoms with E-state index in [1.807, 2.05) is 25.8 Å². The number of carbonyl (C=O) groups excluding carboxylic acids is 1. The van der Waals surface area contributed by atoms with Gasteiger partial charge in [0.15, 0.2) is 0 Å². The predicted molar refractivity (Wildman–Crippen MR) is 89.3 cm³/mol. The Morgan fingerprint density at radius 1 is 1.45 bits per heavy atom. The first-order chi connectivity index (χ1) is 10.1. The van der Waals surface area contributed by atoms with Gasteiger partial charge in [0.25, 0.3) is 0 Å². The van der Waals surface area contributed by atoms with Crippen molar-refractivity contribution in [2.45, 2.75) is 52.7 Å². The molecule has 2 atom stereocenters. The summed E-state index contributed by atoms with van der Waals surface area (Å²) in [6, 6.07) is -0.239. The molecule has 0 aromatic carbocycles. The Bertz CT molecular complexity index is 391. The van der Waals surface area contributed by atoms with E-state index >= 15 is 0 Å². The number of nitrogens with zero attached hydrogens (tertiary/aromatic N) is 3. The molecule has 2 N–H and O–H groups in total. The summed E-state index contributed by atoms with van der Waals surface area (Å²) in [5.74, 6) is 0.622. The van der Waals surface area contributed by atoms with E-state index in [4.69, 9.17) is 4.74 Å². The van der Waals surface area contributed by atoms with Crippen molar-refractivity contribution in [3.05, 3.63) is 0 Å². The minimum atomic E-state index is -0.549. The molecule has 0 rings (SSSR count). The number of amidine groups is 1. The maximum atomic E-state index is 11.8. The van der Waals surface area contributed by atoms with Crippen LogP contribution in [0.15, 0.2) is 10.2 Å². The largest absolute Gasteiger partial charge is 0.444 e. The second-order valence-corrected chi connectivity index (χ2v) is 6.27. The van der Waals surface area contributed by atoms with Crippen LogP contribution < -0.4 is 5.32 Å². The van der Waals surface area contributed by atoms with Crippen molar-refractivity contribution < 1.29 is 14.6 Å². The normalized spacial score (nSPS) is 15.0. The highest BCUT2D eigenvalue weighted by Gasteiger charge is 2.24. The summed E-state index contributed by atoms with van der Waals surface area (Å²) < 4.78 is 5.22. The predicted octanol–water partition coefficient (Wildman–Crippen LogP) is 1.86. The summed E-state index contributed by atoms with van der Waals surface area (Å²) in [4.78, 5) is 13.7. The lowest BCUT2D eigenvalue weighted by atomic mass is 10.0. The molecule has 0 aromatic rings. The fourth-order valence-electron chi connectivity index (χ4n) is 1.94. The Hall–Kier alpha value is -1.63. The van der Waals surface area contributed by atoms with Gasteiger partial charge in [-0.05, 0) is 27.7 Å². The third-order valence-corrected chi connectivity index (χ3v) is 3.14. The van der Waals surface area contributed by atoms with Crippen LogP contribution >= 0.6 is 0 Å². The van der Waals surface area contributed by atoms with Crippen LogP contribution in [-0.2, 0) is 4.74 Å². The number of aliphatic hydroxyl groups is 1. The van der Waals surface area contributed by atoms with Crippen LogP contribution in [0.5, 0.6) is 0 Å². The second-order valence-electron chi connectivity index (χ2n) is 6.27. The first-order valence-electron chi connectivity index (χ1n) is 7.48. The van der Waals surface area contributed by atoms with E-state index in [1.54, 1.807) is 20.8 Å². The van der Waals surface area contributed by atoms with Crippen molar-refractivity contribution >= 4 is 18.6 Å². The number of amides is 1. The molecule has 0 saturated carbocycles. The smallest absolute Gasteiger partial charge is 0.407 e. The number of rotatable bonds is 7. The average Bonchev–Trinajstić information content (AvgIpc) is 2.39. The highest BCUT2D eigenvalue weighted by atomic mass is 16.6. The summed E-state index contributed by atoms with van der Waals surface area (Å²) in [7, 11) is 1.87. The standard InChI is InChI=1S/C15H30N4O3/c1-8-13(18-16-6)19(7)9-12(10-20)11(2)17-14(21)22-15(3,4)5/h11-12,20H,6,8-10H2,1-5,7H3,(H,17,21)/b18-13+. The first kappa shape index (κ1) is 20.4. The van der Waals surface area contributed by atoms with Crippen LogP contribution in [-0.4, -0.2) is 60.5 Å². The molecule has 0 aliphatic carbocycles. The maximum absolute atomic E-state index is 11.8. The fourth-order valence-corrected chi connectivity index (χ4v) is 1.94. The number of alkyl carbamates (subject to hydrolysis) is 1. The van der Waals surface area contributed by atoms with Gasteiger partial charge in [0, 0.05) is 45.3 Å². The summed E-state index contributed by atoms with van der Waals surface area (Å²) >= 11 is 0. The quantitative estimate of drug-likeness (QED) is 0.427. The summed E-state index contributed by atoms with van der Waals surface area (Å²) in [6.07, 6.45) is 0.222. The maximum Gasteiger partial charge on any atom is 0.407 e. The molecular weight excluding hydrogens is 284 g/mol. The van der Waals surface area contributed by atoms with E-state index in [1.165, 1.54) is 0 Å². The van der Waals surface area contributed by atoms with Gasteiger partial charge in [-0.25, -0.2) is 4.79 Å². The van der Waals surface area contributed by atoms with Gasteiger partial charge in [0.2, 0.25) is 0 Å². The van der Waals surface area contributed by atoms with Crippen LogP contribution in [0.4, 0.5) is 4.79 Å². The van der Waals surface area contributed by atoms with Gasteiger partial charge >= 0.3 is 6.09 Å². The topological polar surface area (TPSA) is 86.5 Å². The van der Waals surface area contributed by atoms with Crippen LogP contribution in [0.25, 0.3) is 0 Å². The van der Waals surface area contributed by atoms with Gasteiger partial charge in [-0.1, -0.05) is 6.92 Å². The summed E-state index contributed by atoms with van der Waals surface area (Å²) in [5, 5.41) is 19.8. The van der Waals surface area contributed by atoms with Crippen molar-refractivity contribution in [1.29, 1.82) is 0 Å². The van der Waals surface area contributed by atoms with Gasteiger partial charge < -0.3 is 20.1 Å². The van der Waals surface area contributed by atoms with E-state index < -0.39 is 11.7 Å². The van der Waals surface area contributed by atoms with Gasteiger partial charge in [-0.15, -0.1) is 5.10 Å². The molecule has 0 spiro atoms. The lowest BCUT2D eigenvalue weighted by Gasteiger charge is -2.30. The molecule has 0 fully saturated rings. The highest BCUT2D eigenvalue weighted by Crippen LogP contribution is 2.10. The molecule has 1 amide bonds. The second kappa shape index (κ2) is 9.40. The van der Waals surface area contributed by atoms with E-state index in [0.29, 0.717) is 13.0 Å². The molecule has 0 bridgehead atoms. The number of nitrogens with one attached hydrogen (secondary N) is 1. The Morgan fingerprint density at radius 2 is 2.05 bits per heavy atom. The zero-order valence-corrected chi connectivity index (χ0v) is 14.6. The minimum Gasteiger partial charge on any atom is -0.444 e. The fraction of sp³-hybridized carbons (Fsp3) is 0.800. The van der Waals surface area contributed by atoms with Crippen molar-refractivity contribution in [2.75, 3.05) is 20.2 Å². The molecule has 0 heterocycles. The molecule has 0 aliphatic heterocycles. The van der Waals surface area contributed by atoms with Crippen LogP contribution in [0.1, 0.15) is 41.0 Å². The van der Waals surface area contributed by atoms with Gasteiger partial charge in [0.05, 0.1) is 0 Å². The molecule has 0 saturated heterocycles. The molecule has 0 aliphatic rings. The van der Waals surface area contributed by atoms with Crippen molar-refractivity contribution in [3.8, 4) is 0 Å². The van der Waals surface area contributed by atoms with E-state index in [-0.39, 0.29) is 18.6 Å². The first-order valence-corrected chi connectivity index (χ1v) is 7.48. The van der Waals surface area contributed by atoms with E-state index in [9.17, 15) is 9.90 Å². The van der Waals surface area contributed by atoms with Gasteiger partial charge in [-0.3, -0.25) is 0 Å². The molecule has 22 heavy (non-hydrogen) atoms. The summed E-state index contributed by atoms with van der Waals surface area (Å²) in [5.41, 5.74) is -0.549. The number of carbonyl (C=O) groups is 1. The molecule has 7 nitrogen and oxygen atoms in total. The highest BCUT2D eigenvalue weighted by molar-refractivity contribution is 5.81. The van der Waals surface area contributed by atoms with E-state index in [2.05, 4.69) is 22.2 Å². The molecule has 0 radical (unpaired) electrons. The average molecular weight is 314 g/mol. The number of hydrogen-bond acceptors (Lipinski definition) is 5. The zero-order valence-electron chi connectivity index (χ0n) is 14.6. The number of hydrogen-bond donors (Lipinski definition) is 2. The van der Waals surface area contributed by atoms with Crippen molar-refractivity contribution in [2.24, 2.45) is 16.1 Å².